The SMILES string of the molecule is COc1ccc(-c2c3n(c4c2c(=O)oc2ccccc24)CCc2cc(OC)c(OC)cc2-3)cc1OC. The van der Waals surface area contributed by atoms with Crippen LogP contribution < -0.4 is 24.6 Å². The van der Waals surface area contributed by atoms with Crippen molar-refractivity contribution in [3.05, 3.63) is 70.6 Å². The first-order valence-electron chi connectivity index (χ1n) is 11.6. The summed E-state index contributed by atoms with van der Waals surface area (Å²) in [4.78, 5) is 13.5. The number of fused-ring (bicyclic) bond motifs is 7. The molecule has 3 aromatic carbocycles. The van der Waals surface area contributed by atoms with Crippen LogP contribution >= 0.6 is 0 Å². The van der Waals surface area contributed by atoms with Gasteiger partial charge in [0.05, 0.1) is 45.0 Å². The third kappa shape index (κ3) is 3.09. The number of hydrogen-bond acceptors (Lipinski definition) is 6. The second-order valence-corrected chi connectivity index (χ2v) is 8.67. The van der Waals surface area contributed by atoms with E-state index in [-0.39, 0.29) is 5.63 Å². The van der Waals surface area contributed by atoms with E-state index in [9.17, 15) is 4.79 Å². The highest BCUT2D eigenvalue weighted by molar-refractivity contribution is 6.13. The van der Waals surface area contributed by atoms with E-state index in [1.807, 2.05) is 54.6 Å². The van der Waals surface area contributed by atoms with Crippen LogP contribution in [0.15, 0.2) is 63.8 Å². The van der Waals surface area contributed by atoms with Crippen LogP contribution in [0.3, 0.4) is 0 Å². The fourth-order valence-corrected chi connectivity index (χ4v) is 5.36. The number of hydrogen-bond donors (Lipinski definition) is 0. The Hall–Kier alpha value is -4.39. The molecule has 36 heavy (non-hydrogen) atoms. The summed E-state index contributed by atoms with van der Waals surface area (Å²) >= 11 is 0. The molecule has 182 valence electrons. The molecular formula is C29H25NO6. The number of nitrogens with zero attached hydrogens (tertiary/aromatic N) is 1. The van der Waals surface area contributed by atoms with Gasteiger partial charge in [-0.3, -0.25) is 0 Å². The Kier molecular flexibility index (Phi) is 5.14. The average Bonchev–Trinajstić information content (AvgIpc) is 3.28. The standard InChI is InChI=1S/C29H25NO6/c1-32-21-10-9-17(14-22(21)33-2)25-26-27(18-7-5-6-8-20(18)36-29(26)31)30-12-11-16-13-23(34-3)24(35-4)15-19(16)28(25)30/h5-10,13-15H,11-12H2,1-4H3. The van der Waals surface area contributed by atoms with Crippen LogP contribution in [-0.4, -0.2) is 33.0 Å². The van der Waals surface area contributed by atoms with Gasteiger partial charge in [-0.1, -0.05) is 18.2 Å². The van der Waals surface area contributed by atoms with Gasteiger partial charge in [0.1, 0.15) is 5.58 Å². The Morgan fingerprint density at radius 3 is 2.25 bits per heavy atom. The van der Waals surface area contributed by atoms with E-state index in [1.165, 1.54) is 0 Å². The second kappa shape index (κ2) is 8.37. The summed E-state index contributed by atoms with van der Waals surface area (Å²) in [6.45, 7) is 0.703. The van der Waals surface area contributed by atoms with Crippen LogP contribution in [0.4, 0.5) is 0 Å². The van der Waals surface area contributed by atoms with E-state index in [0.717, 1.165) is 45.3 Å². The summed E-state index contributed by atoms with van der Waals surface area (Å²) in [5.74, 6) is 2.50. The lowest BCUT2D eigenvalue weighted by Crippen LogP contribution is -2.12. The summed E-state index contributed by atoms with van der Waals surface area (Å²) in [6, 6.07) is 17.4. The monoisotopic (exact) mass is 483 g/mol. The van der Waals surface area contributed by atoms with Crippen molar-refractivity contribution in [2.45, 2.75) is 13.0 Å². The predicted octanol–water partition coefficient (Wildman–Crippen LogP) is 5.67. The zero-order valence-corrected chi connectivity index (χ0v) is 20.5. The van der Waals surface area contributed by atoms with E-state index in [0.29, 0.717) is 40.5 Å². The minimum absolute atomic E-state index is 0.377. The Bertz CT molecular complexity index is 1710. The summed E-state index contributed by atoms with van der Waals surface area (Å²) in [6.07, 6.45) is 0.784. The molecule has 1 aliphatic rings. The normalized spacial score (nSPS) is 12.3. The maximum absolute atomic E-state index is 13.5. The summed E-state index contributed by atoms with van der Waals surface area (Å²) in [5, 5.41) is 1.43. The van der Waals surface area contributed by atoms with Crippen LogP contribution in [-0.2, 0) is 13.0 Å². The molecule has 7 nitrogen and oxygen atoms in total. The largest absolute Gasteiger partial charge is 0.493 e. The molecule has 0 saturated heterocycles. The molecule has 3 heterocycles. The van der Waals surface area contributed by atoms with Gasteiger partial charge in [-0.25, -0.2) is 4.79 Å². The first-order valence-corrected chi connectivity index (χ1v) is 11.6. The molecule has 2 aromatic heterocycles. The van der Waals surface area contributed by atoms with Gasteiger partial charge in [0.15, 0.2) is 23.0 Å². The summed E-state index contributed by atoms with van der Waals surface area (Å²) < 4.78 is 30.3. The number of aromatic nitrogens is 1. The van der Waals surface area contributed by atoms with Crippen molar-refractivity contribution in [3.63, 3.8) is 0 Å². The maximum atomic E-state index is 13.5. The molecule has 0 radical (unpaired) electrons. The zero-order chi connectivity index (χ0) is 25.0. The van der Waals surface area contributed by atoms with Crippen LogP contribution in [0, 0.1) is 0 Å². The smallest absolute Gasteiger partial charge is 0.346 e. The minimum atomic E-state index is -0.377. The number of methoxy groups -OCH3 is 4. The molecule has 6 rings (SSSR count). The van der Waals surface area contributed by atoms with E-state index >= 15 is 0 Å². The van der Waals surface area contributed by atoms with Crippen molar-refractivity contribution in [2.24, 2.45) is 0 Å². The molecule has 5 aromatic rings. The molecule has 0 unspecified atom stereocenters. The number of ether oxygens (including phenoxy) is 4. The Labute approximate surface area is 207 Å². The molecule has 0 amide bonds. The van der Waals surface area contributed by atoms with Crippen molar-refractivity contribution < 1.29 is 23.4 Å². The highest BCUT2D eigenvalue weighted by Gasteiger charge is 2.30. The molecule has 0 N–H and O–H groups in total. The summed E-state index contributed by atoms with van der Waals surface area (Å²) in [7, 11) is 6.46. The Balaban J connectivity index is 1.80. The summed E-state index contributed by atoms with van der Waals surface area (Å²) in [5.41, 5.74) is 5.71. The van der Waals surface area contributed by atoms with Crippen molar-refractivity contribution >= 4 is 21.9 Å². The van der Waals surface area contributed by atoms with Crippen LogP contribution in [0.25, 0.3) is 44.3 Å². The number of para-hydroxylation sites is 1. The molecule has 0 saturated carbocycles. The molecule has 7 heteroatoms. The van der Waals surface area contributed by atoms with Crippen molar-refractivity contribution in [2.75, 3.05) is 28.4 Å². The van der Waals surface area contributed by atoms with Crippen LogP contribution in [0.2, 0.25) is 0 Å². The van der Waals surface area contributed by atoms with Gasteiger partial charge in [0, 0.05) is 23.1 Å². The van der Waals surface area contributed by atoms with Crippen molar-refractivity contribution in [1.82, 2.24) is 4.57 Å². The van der Waals surface area contributed by atoms with Gasteiger partial charge in [-0.05, 0) is 53.9 Å². The van der Waals surface area contributed by atoms with Gasteiger partial charge in [0.25, 0.3) is 0 Å². The van der Waals surface area contributed by atoms with E-state index in [4.69, 9.17) is 23.4 Å². The topological polar surface area (TPSA) is 72.1 Å². The number of aryl methyl sites for hydroxylation is 2. The molecular weight excluding hydrogens is 458 g/mol. The third-order valence-electron chi connectivity index (χ3n) is 6.95. The Morgan fingerprint density at radius 2 is 1.50 bits per heavy atom. The van der Waals surface area contributed by atoms with E-state index < -0.39 is 0 Å². The first kappa shape index (κ1) is 22.1. The van der Waals surface area contributed by atoms with Crippen LogP contribution in [0.1, 0.15) is 5.56 Å². The van der Waals surface area contributed by atoms with Gasteiger partial charge in [-0.15, -0.1) is 0 Å². The average molecular weight is 484 g/mol. The van der Waals surface area contributed by atoms with Crippen molar-refractivity contribution in [3.8, 4) is 45.4 Å². The van der Waals surface area contributed by atoms with Gasteiger partial charge in [0.2, 0.25) is 0 Å². The molecule has 0 bridgehead atoms. The molecule has 0 atom stereocenters. The lowest BCUT2D eigenvalue weighted by atomic mass is 9.92. The van der Waals surface area contributed by atoms with E-state index in [2.05, 4.69) is 4.57 Å². The second-order valence-electron chi connectivity index (χ2n) is 8.67. The molecule has 0 fully saturated rings. The first-order chi connectivity index (χ1) is 17.6. The van der Waals surface area contributed by atoms with E-state index in [1.54, 1.807) is 28.4 Å². The predicted molar refractivity (Wildman–Crippen MR) is 139 cm³/mol. The fraction of sp³-hybridized carbons (Fsp3) is 0.207. The lowest BCUT2D eigenvalue weighted by molar-refractivity contribution is 0.354. The zero-order valence-electron chi connectivity index (χ0n) is 20.5. The third-order valence-corrected chi connectivity index (χ3v) is 6.95. The molecule has 1 aliphatic heterocycles. The highest BCUT2D eigenvalue weighted by Crippen LogP contribution is 2.48. The van der Waals surface area contributed by atoms with Crippen molar-refractivity contribution in [1.29, 1.82) is 0 Å². The minimum Gasteiger partial charge on any atom is -0.493 e. The molecule has 0 aliphatic carbocycles. The lowest BCUT2D eigenvalue weighted by Gasteiger charge is -2.23. The maximum Gasteiger partial charge on any atom is 0.346 e. The van der Waals surface area contributed by atoms with Gasteiger partial charge in [-0.2, -0.15) is 0 Å². The van der Waals surface area contributed by atoms with Gasteiger partial charge < -0.3 is 27.9 Å². The number of rotatable bonds is 5. The number of benzene rings is 3. The Morgan fingerprint density at radius 1 is 0.806 bits per heavy atom. The quantitative estimate of drug-likeness (QED) is 0.300. The highest BCUT2D eigenvalue weighted by atomic mass is 16.5. The van der Waals surface area contributed by atoms with Gasteiger partial charge >= 0.3 is 5.63 Å². The fourth-order valence-electron chi connectivity index (χ4n) is 5.36. The van der Waals surface area contributed by atoms with Crippen LogP contribution in [0.5, 0.6) is 23.0 Å². The molecule has 0 spiro atoms.